The number of benzene rings is 2. The van der Waals surface area contributed by atoms with Gasteiger partial charge in [0.1, 0.15) is 11.0 Å². The summed E-state index contributed by atoms with van der Waals surface area (Å²) < 4.78 is 0. The number of rotatable bonds is 5. The Balaban J connectivity index is 1.39. The molecule has 2 aromatic carbocycles. The van der Waals surface area contributed by atoms with Gasteiger partial charge in [0.2, 0.25) is 0 Å². The maximum absolute atomic E-state index is 12.5. The standard InChI is InChI=1S/C20H23N5O/c26-20(16-9-10-18-19(12-16)23-24-22-18)21-13-17-8-4-5-11-25(17)14-15-6-2-1-3-7-15/h1-3,6-7,9-10,12,17H,4-5,8,11,13-14H2,(H,21,26)(H,22,23,24). The molecule has 1 aliphatic rings. The van der Waals surface area contributed by atoms with Crippen LogP contribution in [0.25, 0.3) is 11.0 Å². The normalized spacial score (nSPS) is 18.1. The van der Waals surface area contributed by atoms with Crippen molar-refractivity contribution in [2.45, 2.75) is 31.8 Å². The molecule has 26 heavy (non-hydrogen) atoms. The SMILES string of the molecule is O=C(NCC1CCCCN1Cc1ccccc1)c1ccc2n[nH]nc2c1. The zero-order valence-electron chi connectivity index (χ0n) is 14.7. The lowest BCUT2D eigenvalue weighted by Crippen LogP contribution is -2.46. The maximum Gasteiger partial charge on any atom is 0.251 e. The number of nitrogens with one attached hydrogen (secondary N) is 2. The van der Waals surface area contributed by atoms with Crippen molar-refractivity contribution in [3.8, 4) is 0 Å². The summed E-state index contributed by atoms with van der Waals surface area (Å²) >= 11 is 0. The van der Waals surface area contributed by atoms with Crippen LogP contribution in [0.15, 0.2) is 48.5 Å². The second kappa shape index (κ2) is 7.66. The van der Waals surface area contributed by atoms with Crippen molar-refractivity contribution in [2.75, 3.05) is 13.1 Å². The molecule has 0 radical (unpaired) electrons. The van der Waals surface area contributed by atoms with Crippen LogP contribution >= 0.6 is 0 Å². The minimum atomic E-state index is -0.0554. The predicted octanol–water partition coefficient (Wildman–Crippen LogP) is 2.74. The summed E-state index contributed by atoms with van der Waals surface area (Å²) in [5.74, 6) is -0.0554. The highest BCUT2D eigenvalue weighted by molar-refractivity contribution is 5.97. The van der Waals surface area contributed by atoms with Crippen molar-refractivity contribution < 1.29 is 4.79 Å². The van der Waals surface area contributed by atoms with Crippen molar-refractivity contribution in [3.05, 3.63) is 59.7 Å². The molecule has 0 bridgehead atoms. The van der Waals surface area contributed by atoms with Crippen molar-refractivity contribution in [2.24, 2.45) is 0 Å². The van der Waals surface area contributed by atoms with E-state index in [0.717, 1.165) is 25.0 Å². The van der Waals surface area contributed by atoms with Crippen LogP contribution in [0.2, 0.25) is 0 Å². The number of likely N-dealkylation sites (tertiary alicyclic amines) is 1. The number of aromatic nitrogens is 3. The van der Waals surface area contributed by atoms with Crippen LogP contribution in [0.3, 0.4) is 0 Å². The minimum Gasteiger partial charge on any atom is -0.350 e. The molecule has 2 N–H and O–H groups in total. The highest BCUT2D eigenvalue weighted by atomic mass is 16.1. The number of fused-ring (bicyclic) bond motifs is 1. The van der Waals surface area contributed by atoms with Gasteiger partial charge in [0.15, 0.2) is 0 Å². The van der Waals surface area contributed by atoms with Crippen LogP contribution in [-0.4, -0.2) is 45.3 Å². The molecule has 134 valence electrons. The predicted molar refractivity (Wildman–Crippen MR) is 101 cm³/mol. The van der Waals surface area contributed by atoms with E-state index >= 15 is 0 Å². The maximum atomic E-state index is 12.5. The number of H-pyrrole nitrogens is 1. The molecule has 1 fully saturated rings. The average molecular weight is 349 g/mol. The van der Waals surface area contributed by atoms with Gasteiger partial charge < -0.3 is 5.32 Å². The Hall–Kier alpha value is -2.73. The number of piperidine rings is 1. The number of hydrogen-bond donors (Lipinski definition) is 2. The molecule has 3 aromatic rings. The first-order valence-electron chi connectivity index (χ1n) is 9.16. The van der Waals surface area contributed by atoms with E-state index in [0.29, 0.717) is 23.7 Å². The van der Waals surface area contributed by atoms with Gasteiger partial charge in [0, 0.05) is 24.7 Å². The summed E-state index contributed by atoms with van der Waals surface area (Å²) in [7, 11) is 0. The monoisotopic (exact) mass is 349 g/mol. The number of carbonyl (C=O) groups is 1. The lowest BCUT2D eigenvalue weighted by atomic mass is 10.0. The van der Waals surface area contributed by atoms with Crippen LogP contribution < -0.4 is 5.32 Å². The fourth-order valence-corrected chi connectivity index (χ4v) is 3.61. The van der Waals surface area contributed by atoms with Gasteiger partial charge in [0.25, 0.3) is 5.91 Å². The van der Waals surface area contributed by atoms with Crippen molar-refractivity contribution in [1.29, 1.82) is 0 Å². The van der Waals surface area contributed by atoms with Crippen LogP contribution in [-0.2, 0) is 6.54 Å². The molecule has 1 saturated heterocycles. The molecular weight excluding hydrogens is 326 g/mol. The molecule has 6 heteroatoms. The summed E-state index contributed by atoms with van der Waals surface area (Å²) in [4.78, 5) is 15.0. The highest BCUT2D eigenvalue weighted by Crippen LogP contribution is 2.19. The third-order valence-electron chi connectivity index (χ3n) is 5.05. The zero-order chi connectivity index (χ0) is 17.8. The van der Waals surface area contributed by atoms with E-state index in [1.807, 2.05) is 12.1 Å². The summed E-state index contributed by atoms with van der Waals surface area (Å²) in [5.41, 5.74) is 3.42. The van der Waals surface area contributed by atoms with Crippen molar-refractivity contribution in [3.63, 3.8) is 0 Å². The van der Waals surface area contributed by atoms with E-state index in [-0.39, 0.29) is 5.91 Å². The number of amides is 1. The topological polar surface area (TPSA) is 73.9 Å². The lowest BCUT2D eigenvalue weighted by molar-refractivity contribution is 0.0907. The molecule has 2 heterocycles. The van der Waals surface area contributed by atoms with E-state index in [4.69, 9.17) is 0 Å². The van der Waals surface area contributed by atoms with Crippen LogP contribution in [0, 0.1) is 0 Å². The highest BCUT2D eigenvalue weighted by Gasteiger charge is 2.23. The number of hydrogen-bond acceptors (Lipinski definition) is 4. The summed E-state index contributed by atoms with van der Waals surface area (Å²) in [6.07, 6.45) is 3.56. The first-order valence-corrected chi connectivity index (χ1v) is 9.16. The van der Waals surface area contributed by atoms with E-state index in [1.165, 1.54) is 18.4 Å². The van der Waals surface area contributed by atoms with E-state index < -0.39 is 0 Å². The third kappa shape index (κ3) is 3.75. The van der Waals surface area contributed by atoms with Crippen LogP contribution in [0.4, 0.5) is 0 Å². The molecule has 1 aromatic heterocycles. The van der Waals surface area contributed by atoms with Crippen molar-refractivity contribution in [1.82, 2.24) is 25.6 Å². The molecule has 0 saturated carbocycles. The van der Waals surface area contributed by atoms with Gasteiger partial charge in [-0.25, -0.2) is 0 Å². The Morgan fingerprint density at radius 2 is 1.96 bits per heavy atom. The molecule has 1 amide bonds. The van der Waals surface area contributed by atoms with E-state index in [1.54, 1.807) is 12.1 Å². The second-order valence-electron chi connectivity index (χ2n) is 6.84. The smallest absolute Gasteiger partial charge is 0.251 e. The quantitative estimate of drug-likeness (QED) is 0.743. The fraction of sp³-hybridized carbons (Fsp3) is 0.350. The summed E-state index contributed by atoms with van der Waals surface area (Å²) in [5, 5.41) is 13.7. The van der Waals surface area contributed by atoms with Crippen LogP contribution in [0.5, 0.6) is 0 Å². The van der Waals surface area contributed by atoms with E-state index in [9.17, 15) is 4.79 Å². The molecule has 1 aliphatic heterocycles. The van der Waals surface area contributed by atoms with E-state index in [2.05, 4.69) is 49.9 Å². The van der Waals surface area contributed by atoms with Gasteiger partial charge in [-0.15, -0.1) is 0 Å². The fourth-order valence-electron chi connectivity index (χ4n) is 3.61. The third-order valence-corrected chi connectivity index (χ3v) is 5.05. The number of nitrogens with zero attached hydrogens (tertiary/aromatic N) is 3. The van der Waals surface area contributed by atoms with Crippen LogP contribution in [0.1, 0.15) is 35.2 Å². The molecule has 4 rings (SSSR count). The number of aromatic amines is 1. The summed E-state index contributed by atoms with van der Waals surface area (Å²) in [6, 6.07) is 16.3. The summed E-state index contributed by atoms with van der Waals surface area (Å²) in [6.45, 7) is 2.69. The Labute approximate surface area is 152 Å². The van der Waals surface area contributed by atoms with Gasteiger partial charge >= 0.3 is 0 Å². The Kier molecular flexibility index (Phi) is 4.93. The molecule has 0 aliphatic carbocycles. The Morgan fingerprint density at radius 1 is 1.12 bits per heavy atom. The van der Waals surface area contributed by atoms with Crippen molar-refractivity contribution >= 4 is 16.9 Å². The first kappa shape index (κ1) is 16.7. The first-order chi connectivity index (χ1) is 12.8. The van der Waals surface area contributed by atoms with Gasteiger partial charge in [0.05, 0.1) is 0 Å². The molecule has 0 spiro atoms. The zero-order valence-corrected chi connectivity index (χ0v) is 14.7. The van der Waals surface area contributed by atoms with Gasteiger partial charge in [-0.2, -0.15) is 15.4 Å². The second-order valence-corrected chi connectivity index (χ2v) is 6.84. The largest absolute Gasteiger partial charge is 0.350 e. The number of carbonyl (C=O) groups excluding carboxylic acids is 1. The Morgan fingerprint density at radius 3 is 2.85 bits per heavy atom. The van der Waals surface area contributed by atoms with Gasteiger partial charge in [-0.1, -0.05) is 36.8 Å². The average Bonchev–Trinajstić information content (AvgIpc) is 3.16. The lowest BCUT2D eigenvalue weighted by Gasteiger charge is -2.35. The molecule has 1 atom stereocenters. The Bertz CT molecular complexity index is 876. The molecule has 6 nitrogen and oxygen atoms in total. The minimum absolute atomic E-state index is 0.0554. The van der Waals surface area contributed by atoms with Gasteiger partial charge in [-0.3, -0.25) is 9.69 Å². The molecular formula is C20H23N5O. The van der Waals surface area contributed by atoms with Gasteiger partial charge in [-0.05, 0) is 43.1 Å². The molecule has 1 unspecified atom stereocenters.